The lowest BCUT2D eigenvalue weighted by molar-refractivity contribution is 0.0651. The van der Waals surface area contributed by atoms with Gasteiger partial charge in [0.15, 0.2) is 0 Å². The van der Waals surface area contributed by atoms with Gasteiger partial charge in [0, 0.05) is 0 Å². The Morgan fingerprint density at radius 3 is 1.87 bits per heavy atom. The van der Waals surface area contributed by atoms with Crippen LogP contribution in [0.4, 0.5) is 5.69 Å². The summed E-state index contributed by atoms with van der Waals surface area (Å²) in [6.45, 7) is 0. The first-order valence-electron chi connectivity index (χ1n) is 3.52. The molecule has 0 spiro atoms. The number of carbonyl (C=O) groups is 2. The van der Waals surface area contributed by atoms with Gasteiger partial charge >= 0.3 is 11.9 Å². The lowest BCUT2D eigenvalue weighted by atomic mass is 10.1. The van der Waals surface area contributed by atoms with Crippen molar-refractivity contribution in [2.24, 2.45) is 0 Å². The number of hydrogen-bond donors (Lipinski definition) is 4. The second-order valence-corrected chi connectivity index (χ2v) is 2.57. The predicted octanol–water partition coefficient (Wildman–Crippen LogP) is 0.793. The molecule has 0 aliphatic carbocycles. The summed E-state index contributed by atoms with van der Waals surface area (Å²) in [6, 6.07) is 1.71. The molecule has 0 aliphatic heterocycles. The van der Waals surface area contributed by atoms with Crippen LogP contribution < -0.4 is 5.73 Å². The number of carboxylic acids is 2. The van der Waals surface area contributed by atoms with Gasteiger partial charge in [0.2, 0.25) is 0 Å². The van der Waals surface area contributed by atoms with Gasteiger partial charge in [-0.2, -0.15) is 0 Å². The smallest absolute Gasteiger partial charge is 0.336 e. The lowest BCUT2D eigenvalue weighted by Gasteiger charge is -2.04. The Hall–Kier alpha value is -1.95. The molecular formula is C8H8ClNO5. The molecule has 0 radical (unpaired) electrons. The minimum absolute atomic E-state index is 0. The SMILES string of the molecule is Cl.Nc1cc(C(=O)O)c(C(=O)O)cc1O. The number of carboxylic acid groups (broad SMARTS) is 2. The predicted molar refractivity (Wildman–Crippen MR) is 53.7 cm³/mol. The number of hydrogen-bond acceptors (Lipinski definition) is 4. The summed E-state index contributed by atoms with van der Waals surface area (Å²) < 4.78 is 0. The third-order valence-corrected chi connectivity index (χ3v) is 1.63. The molecule has 82 valence electrons. The van der Waals surface area contributed by atoms with E-state index in [2.05, 4.69) is 0 Å². The number of phenols is 1. The fraction of sp³-hybridized carbons (Fsp3) is 0. The summed E-state index contributed by atoms with van der Waals surface area (Å²) in [5, 5.41) is 26.3. The Balaban J connectivity index is 0.00000196. The number of halogens is 1. The van der Waals surface area contributed by atoms with Gasteiger partial charge in [-0.3, -0.25) is 0 Å². The van der Waals surface area contributed by atoms with Crippen molar-refractivity contribution in [1.29, 1.82) is 0 Å². The third kappa shape index (κ3) is 2.50. The van der Waals surface area contributed by atoms with E-state index in [1.54, 1.807) is 0 Å². The highest BCUT2D eigenvalue weighted by Gasteiger charge is 2.18. The second kappa shape index (κ2) is 4.52. The molecule has 0 aromatic heterocycles. The van der Waals surface area contributed by atoms with Gasteiger partial charge in [-0.05, 0) is 12.1 Å². The van der Waals surface area contributed by atoms with Crippen LogP contribution in [0.1, 0.15) is 20.7 Å². The van der Waals surface area contributed by atoms with Crippen LogP contribution in [0.25, 0.3) is 0 Å². The highest BCUT2D eigenvalue weighted by atomic mass is 35.5. The number of nitrogen functional groups attached to an aromatic ring is 1. The highest BCUT2D eigenvalue weighted by molar-refractivity contribution is 6.03. The molecule has 0 amide bonds. The Labute approximate surface area is 90.4 Å². The summed E-state index contributed by atoms with van der Waals surface area (Å²) in [6.07, 6.45) is 0. The van der Waals surface area contributed by atoms with Crippen LogP contribution in [0.5, 0.6) is 5.75 Å². The van der Waals surface area contributed by atoms with Crippen molar-refractivity contribution < 1.29 is 24.9 Å². The monoisotopic (exact) mass is 233 g/mol. The van der Waals surface area contributed by atoms with Gasteiger partial charge in [0.1, 0.15) is 5.75 Å². The van der Waals surface area contributed by atoms with Crippen molar-refractivity contribution in [1.82, 2.24) is 0 Å². The van der Waals surface area contributed by atoms with Gasteiger partial charge in [0.05, 0.1) is 16.8 Å². The van der Waals surface area contributed by atoms with E-state index in [-0.39, 0.29) is 18.1 Å². The van der Waals surface area contributed by atoms with Crippen molar-refractivity contribution >= 4 is 30.0 Å². The van der Waals surface area contributed by atoms with Crippen LogP contribution in [-0.2, 0) is 0 Å². The molecule has 0 unspecified atom stereocenters. The maximum Gasteiger partial charge on any atom is 0.336 e. The highest BCUT2D eigenvalue weighted by Crippen LogP contribution is 2.24. The molecule has 5 N–H and O–H groups in total. The Kier molecular flexibility index (Phi) is 3.93. The van der Waals surface area contributed by atoms with Gasteiger partial charge in [0.25, 0.3) is 0 Å². The van der Waals surface area contributed by atoms with Crippen molar-refractivity contribution in [2.45, 2.75) is 0 Å². The third-order valence-electron chi connectivity index (χ3n) is 1.63. The van der Waals surface area contributed by atoms with E-state index >= 15 is 0 Å². The number of aromatic carboxylic acids is 2. The number of nitrogens with two attached hydrogens (primary N) is 1. The van der Waals surface area contributed by atoms with Gasteiger partial charge < -0.3 is 21.1 Å². The van der Waals surface area contributed by atoms with Crippen LogP contribution >= 0.6 is 12.4 Å². The van der Waals surface area contributed by atoms with Crippen LogP contribution in [0, 0.1) is 0 Å². The average Bonchev–Trinajstić information content (AvgIpc) is 2.08. The Morgan fingerprint density at radius 1 is 1.07 bits per heavy atom. The number of benzene rings is 1. The quantitative estimate of drug-likeness (QED) is 0.443. The van der Waals surface area contributed by atoms with Crippen molar-refractivity contribution in [3.8, 4) is 5.75 Å². The largest absolute Gasteiger partial charge is 0.506 e. The van der Waals surface area contributed by atoms with E-state index in [9.17, 15) is 9.59 Å². The minimum Gasteiger partial charge on any atom is -0.506 e. The number of rotatable bonds is 2. The van der Waals surface area contributed by atoms with Gasteiger partial charge in [-0.25, -0.2) is 9.59 Å². The first kappa shape index (κ1) is 13.1. The Morgan fingerprint density at radius 2 is 1.47 bits per heavy atom. The minimum atomic E-state index is -1.43. The number of anilines is 1. The fourth-order valence-electron chi connectivity index (χ4n) is 0.959. The fourth-order valence-corrected chi connectivity index (χ4v) is 0.959. The Bertz CT molecular complexity index is 379. The van der Waals surface area contributed by atoms with Crippen LogP contribution in [-0.4, -0.2) is 27.3 Å². The number of phenolic OH excluding ortho intramolecular Hbond substituents is 1. The molecule has 1 rings (SSSR count). The van der Waals surface area contributed by atoms with Crippen LogP contribution in [0.3, 0.4) is 0 Å². The summed E-state index contributed by atoms with van der Waals surface area (Å²) in [4.78, 5) is 21.2. The van der Waals surface area contributed by atoms with E-state index in [4.69, 9.17) is 21.1 Å². The molecule has 0 heterocycles. The zero-order valence-corrected chi connectivity index (χ0v) is 8.11. The number of aromatic hydroxyl groups is 1. The van der Waals surface area contributed by atoms with E-state index in [0.717, 1.165) is 12.1 Å². The van der Waals surface area contributed by atoms with Crippen molar-refractivity contribution in [3.05, 3.63) is 23.3 Å². The maximum atomic E-state index is 10.6. The van der Waals surface area contributed by atoms with Gasteiger partial charge in [-0.1, -0.05) is 0 Å². The molecule has 1 aromatic rings. The standard InChI is InChI=1S/C8H7NO5.ClH/c9-5-1-3(7(11)12)4(8(13)14)2-6(5)10;/h1-2,10H,9H2,(H,11,12)(H,13,14);1H. The van der Waals surface area contributed by atoms with Crippen LogP contribution in [0.15, 0.2) is 12.1 Å². The molecule has 7 heteroatoms. The summed E-state index contributed by atoms with van der Waals surface area (Å²) in [7, 11) is 0. The van der Waals surface area contributed by atoms with Gasteiger partial charge in [-0.15, -0.1) is 12.4 Å². The lowest BCUT2D eigenvalue weighted by Crippen LogP contribution is -2.08. The summed E-state index contributed by atoms with van der Waals surface area (Å²) >= 11 is 0. The average molecular weight is 234 g/mol. The first-order chi connectivity index (χ1) is 6.43. The van der Waals surface area contributed by atoms with E-state index in [1.165, 1.54) is 0 Å². The normalized spacial score (nSPS) is 9.07. The topological polar surface area (TPSA) is 121 Å². The van der Waals surface area contributed by atoms with Crippen LogP contribution in [0.2, 0.25) is 0 Å². The molecule has 0 bridgehead atoms. The van der Waals surface area contributed by atoms with E-state index in [1.807, 2.05) is 0 Å². The summed E-state index contributed by atoms with van der Waals surface area (Å²) in [5.74, 6) is -3.29. The second-order valence-electron chi connectivity index (χ2n) is 2.57. The molecular weight excluding hydrogens is 226 g/mol. The summed E-state index contributed by atoms with van der Waals surface area (Å²) in [5.41, 5.74) is 4.10. The molecule has 0 aliphatic rings. The van der Waals surface area contributed by atoms with E-state index < -0.39 is 28.8 Å². The molecule has 1 aromatic carbocycles. The zero-order chi connectivity index (χ0) is 10.9. The molecule has 0 saturated carbocycles. The zero-order valence-electron chi connectivity index (χ0n) is 7.30. The molecule has 0 atom stereocenters. The molecule has 6 nitrogen and oxygen atoms in total. The first-order valence-corrected chi connectivity index (χ1v) is 3.52. The molecule has 0 fully saturated rings. The van der Waals surface area contributed by atoms with Crippen molar-refractivity contribution in [2.75, 3.05) is 5.73 Å². The van der Waals surface area contributed by atoms with E-state index in [0.29, 0.717) is 0 Å². The molecule has 15 heavy (non-hydrogen) atoms. The van der Waals surface area contributed by atoms with Crippen molar-refractivity contribution in [3.63, 3.8) is 0 Å². The molecule has 0 saturated heterocycles. The maximum absolute atomic E-state index is 10.6.